The quantitative estimate of drug-likeness (QED) is 0.490. The van der Waals surface area contributed by atoms with Crippen LogP contribution in [0.5, 0.6) is 0 Å². The Bertz CT molecular complexity index is 1260. The van der Waals surface area contributed by atoms with E-state index >= 15 is 0 Å². The second-order valence-electron chi connectivity index (χ2n) is 9.12. The molecule has 0 bridgehead atoms. The number of hydrogen-bond donors (Lipinski definition) is 2. The van der Waals surface area contributed by atoms with Crippen molar-refractivity contribution in [3.8, 4) is 0 Å². The largest absolute Gasteiger partial charge is 0.343 e. The van der Waals surface area contributed by atoms with Gasteiger partial charge in [-0.2, -0.15) is 0 Å². The zero-order chi connectivity index (χ0) is 25.2. The summed E-state index contributed by atoms with van der Waals surface area (Å²) in [6.07, 6.45) is 0.320. The fourth-order valence-corrected chi connectivity index (χ4v) is 4.35. The average Bonchev–Trinajstić information content (AvgIpc) is 3.38. The van der Waals surface area contributed by atoms with Crippen LogP contribution in [0.3, 0.4) is 0 Å². The van der Waals surface area contributed by atoms with Gasteiger partial charge in [0.15, 0.2) is 0 Å². The summed E-state index contributed by atoms with van der Waals surface area (Å²) < 4.78 is 0. The summed E-state index contributed by atoms with van der Waals surface area (Å²) in [5.41, 5.74) is 2.36. The lowest BCUT2D eigenvalue weighted by atomic mass is 9.87. The van der Waals surface area contributed by atoms with Crippen LogP contribution < -0.4 is 10.6 Å². The first-order valence-corrected chi connectivity index (χ1v) is 11.9. The minimum atomic E-state index is -0.437. The third-order valence-electron chi connectivity index (χ3n) is 5.56. The van der Waals surface area contributed by atoms with E-state index in [1.807, 2.05) is 12.1 Å². The summed E-state index contributed by atoms with van der Waals surface area (Å²) in [6.45, 7) is 6.23. The molecule has 180 valence electrons. The number of rotatable bonds is 7. The molecule has 1 aliphatic heterocycles. The molecular weight excluding hydrogens is 466 g/mol. The van der Waals surface area contributed by atoms with Crippen LogP contribution >= 0.6 is 11.3 Å². The van der Waals surface area contributed by atoms with Gasteiger partial charge in [-0.25, -0.2) is 0 Å². The highest BCUT2D eigenvalue weighted by atomic mass is 32.1. The fourth-order valence-electron chi connectivity index (χ4n) is 3.60. The number of hydrogen-bond acceptors (Lipinski definition) is 7. The predicted octanol–water partition coefficient (Wildman–Crippen LogP) is 3.04. The number of nitrogens with zero attached hydrogens (tertiary/aromatic N) is 3. The Morgan fingerprint density at radius 1 is 0.943 bits per heavy atom. The highest BCUT2D eigenvalue weighted by Gasteiger charge is 2.34. The molecule has 0 saturated carbocycles. The van der Waals surface area contributed by atoms with Crippen LogP contribution in [0.4, 0.5) is 5.13 Å². The Kier molecular flexibility index (Phi) is 6.74. The third-order valence-corrected chi connectivity index (χ3v) is 6.46. The first-order valence-electron chi connectivity index (χ1n) is 11.1. The lowest BCUT2D eigenvalue weighted by molar-refractivity contribution is -0.115. The van der Waals surface area contributed by atoms with Crippen molar-refractivity contribution in [1.82, 2.24) is 20.4 Å². The molecule has 2 N–H and O–H groups in total. The molecular formula is C25H25N5O4S. The Morgan fingerprint density at radius 2 is 1.57 bits per heavy atom. The van der Waals surface area contributed by atoms with Crippen LogP contribution in [0, 0.1) is 0 Å². The lowest BCUT2D eigenvalue weighted by Crippen LogP contribution is -2.32. The Hall–Kier alpha value is -3.92. The molecule has 35 heavy (non-hydrogen) atoms. The number of carbonyl (C=O) groups is 4. The number of carbonyl (C=O) groups excluding carboxylic acids is 4. The van der Waals surface area contributed by atoms with Crippen LogP contribution in [0.25, 0.3) is 0 Å². The van der Waals surface area contributed by atoms with Gasteiger partial charge in [-0.3, -0.25) is 29.4 Å². The van der Waals surface area contributed by atoms with E-state index in [1.165, 1.54) is 4.90 Å². The molecule has 1 aliphatic rings. The van der Waals surface area contributed by atoms with Crippen LogP contribution in [0.1, 0.15) is 62.4 Å². The summed E-state index contributed by atoms with van der Waals surface area (Å²) in [6, 6.07) is 14.0. The molecule has 10 heteroatoms. The maximum atomic E-state index is 12.4. The van der Waals surface area contributed by atoms with Crippen molar-refractivity contribution in [3.63, 3.8) is 0 Å². The van der Waals surface area contributed by atoms with E-state index in [0.717, 1.165) is 16.9 Å². The minimum absolute atomic E-state index is 0.0139. The molecule has 4 rings (SSSR count). The van der Waals surface area contributed by atoms with Crippen LogP contribution in [0.2, 0.25) is 0 Å². The van der Waals surface area contributed by atoms with Crippen molar-refractivity contribution in [2.45, 2.75) is 32.6 Å². The van der Waals surface area contributed by atoms with E-state index in [1.54, 1.807) is 36.4 Å². The maximum absolute atomic E-state index is 12.4. The molecule has 3 aromatic rings. The molecule has 1 aromatic heterocycles. The molecule has 4 amide bonds. The Balaban J connectivity index is 1.25. The van der Waals surface area contributed by atoms with E-state index in [9.17, 15) is 19.2 Å². The number of fused-ring (bicyclic) bond motifs is 1. The molecule has 0 radical (unpaired) electrons. The fraction of sp³-hybridized carbons (Fsp3) is 0.280. The number of benzene rings is 2. The number of anilines is 1. The first-order chi connectivity index (χ1) is 16.6. The second kappa shape index (κ2) is 9.75. The summed E-state index contributed by atoms with van der Waals surface area (Å²) in [5, 5.41) is 14.0. The van der Waals surface area contributed by atoms with E-state index in [0.29, 0.717) is 28.1 Å². The van der Waals surface area contributed by atoms with E-state index in [-0.39, 0.29) is 41.4 Å². The van der Waals surface area contributed by atoms with Crippen molar-refractivity contribution < 1.29 is 19.2 Å². The molecule has 0 fully saturated rings. The predicted molar refractivity (Wildman–Crippen MR) is 132 cm³/mol. The standard InChI is InChI=1S/C25H25N5O4S/c1-25(2,3)16-10-8-15(9-11-16)21(32)26-14-19(31)27-24-29-28-20(35-24)12-13-30-22(33)17-6-4-5-7-18(17)23(30)34/h4-11H,12-14H2,1-3H3,(H,26,32)(H,27,29,31). The lowest BCUT2D eigenvalue weighted by Gasteiger charge is -2.19. The minimum Gasteiger partial charge on any atom is -0.343 e. The van der Waals surface area contributed by atoms with Gasteiger partial charge in [0.25, 0.3) is 17.7 Å². The summed E-state index contributed by atoms with van der Waals surface area (Å²) in [7, 11) is 0. The van der Waals surface area contributed by atoms with Crippen LogP contribution in [-0.2, 0) is 16.6 Å². The number of aromatic nitrogens is 2. The smallest absolute Gasteiger partial charge is 0.261 e. The van der Waals surface area contributed by atoms with Gasteiger partial charge in [0, 0.05) is 18.5 Å². The highest BCUT2D eigenvalue weighted by Crippen LogP contribution is 2.24. The van der Waals surface area contributed by atoms with Crippen molar-refractivity contribution >= 4 is 40.1 Å². The van der Waals surface area contributed by atoms with E-state index < -0.39 is 5.91 Å². The van der Waals surface area contributed by atoms with Gasteiger partial charge in [0.1, 0.15) is 5.01 Å². The molecule has 0 saturated heterocycles. The second-order valence-corrected chi connectivity index (χ2v) is 10.2. The van der Waals surface area contributed by atoms with Gasteiger partial charge in [0.2, 0.25) is 11.0 Å². The number of nitrogens with one attached hydrogen (secondary N) is 2. The van der Waals surface area contributed by atoms with Crippen molar-refractivity contribution in [3.05, 3.63) is 75.8 Å². The van der Waals surface area contributed by atoms with Gasteiger partial charge in [-0.15, -0.1) is 10.2 Å². The van der Waals surface area contributed by atoms with Gasteiger partial charge in [-0.1, -0.05) is 56.4 Å². The van der Waals surface area contributed by atoms with Gasteiger partial charge in [0.05, 0.1) is 17.7 Å². The topological polar surface area (TPSA) is 121 Å². The molecule has 2 aromatic carbocycles. The third kappa shape index (κ3) is 5.43. The molecule has 0 atom stereocenters. The monoisotopic (exact) mass is 491 g/mol. The van der Waals surface area contributed by atoms with Crippen LogP contribution in [-0.4, -0.2) is 51.8 Å². The maximum Gasteiger partial charge on any atom is 0.261 e. The van der Waals surface area contributed by atoms with E-state index in [4.69, 9.17) is 0 Å². The Labute approximate surface area is 206 Å². The molecule has 0 spiro atoms. The molecule has 9 nitrogen and oxygen atoms in total. The average molecular weight is 492 g/mol. The van der Waals surface area contributed by atoms with Gasteiger partial charge >= 0.3 is 0 Å². The summed E-state index contributed by atoms with van der Waals surface area (Å²) in [5.74, 6) is -1.44. The number of imide groups is 1. The van der Waals surface area contributed by atoms with Crippen molar-refractivity contribution in [1.29, 1.82) is 0 Å². The zero-order valence-electron chi connectivity index (χ0n) is 19.6. The molecule has 0 aliphatic carbocycles. The number of amides is 4. The highest BCUT2D eigenvalue weighted by molar-refractivity contribution is 7.15. The van der Waals surface area contributed by atoms with Crippen molar-refractivity contribution in [2.24, 2.45) is 0 Å². The summed E-state index contributed by atoms with van der Waals surface area (Å²) in [4.78, 5) is 50.7. The summed E-state index contributed by atoms with van der Waals surface area (Å²) >= 11 is 1.15. The van der Waals surface area contributed by atoms with E-state index in [2.05, 4.69) is 41.6 Å². The molecule has 2 heterocycles. The SMILES string of the molecule is CC(C)(C)c1ccc(C(=O)NCC(=O)Nc2nnc(CCN3C(=O)c4ccccc4C3=O)s2)cc1. The zero-order valence-corrected chi connectivity index (χ0v) is 20.4. The molecule has 0 unspecified atom stereocenters. The van der Waals surface area contributed by atoms with Crippen LogP contribution in [0.15, 0.2) is 48.5 Å². The van der Waals surface area contributed by atoms with Crippen molar-refractivity contribution in [2.75, 3.05) is 18.4 Å². The Morgan fingerprint density at radius 3 is 2.17 bits per heavy atom. The first kappa shape index (κ1) is 24.2. The van der Waals surface area contributed by atoms with Gasteiger partial charge in [-0.05, 0) is 35.2 Å². The van der Waals surface area contributed by atoms with Gasteiger partial charge < -0.3 is 5.32 Å². The normalized spacial score (nSPS) is 13.1.